The number of aromatic nitrogens is 3. The Labute approximate surface area is 164 Å². The van der Waals surface area contributed by atoms with Gasteiger partial charge < -0.3 is 14.6 Å². The Balaban J connectivity index is 1.75. The Bertz CT molecular complexity index is 1240. The SMILES string of the molecule is COc1cc(F)c([N+](=O)[O-])cc1Nc1nccc(-n2cc(C)c3ccccc32)n1. The lowest BCUT2D eigenvalue weighted by molar-refractivity contribution is -0.387. The molecule has 0 aliphatic rings. The number of nitrogens with one attached hydrogen (secondary N) is 1. The molecule has 9 heteroatoms. The lowest BCUT2D eigenvalue weighted by Crippen LogP contribution is -2.04. The fourth-order valence-electron chi connectivity index (χ4n) is 3.15. The van der Waals surface area contributed by atoms with Crippen molar-refractivity contribution >= 4 is 28.2 Å². The lowest BCUT2D eigenvalue weighted by atomic mass is 10.2. The molecule has 0 aliphatic heterocycles. The van der Waals surface area contributed by atoms with E-state index in [1.165, 1.54) is 7.11 Å². The second kappa shape index (κ2) is 7.19. The van der Waals surface area contributed by atoms with Crippen LogP contribution in [0.2, 0.25) is 0 Å². The zero-order valence-electron chi connectivity index (χ0n) is 15.6. The van der Waals surface area contributed by atoms with Crippen LogP contribution in [0, 0.1) is 22.9 Å². The van der Waals surface area contributed by atoms with E-state index in [0.717, 1.165) is 28.6 Å². The number of ether oxygens (including phenoxy) is 1. The van der Waals surface area contributed by atoms with Crippen molar-refractivity contribution in [3.8, 4) is 11.6 Å². The molecule has 2 heterocycles. The molecule has 0 bridgehead atoms. The molecule has 0 aliphatic carbocycles. The molecule has 146 valence electrons. The van der Waals surface area contributed by atoms with Crippen LogP contribution >= 0.6 is 0 Å². The highest BCUT2D eigenvalue weighted by molar-refractivity contribution is 5.85. The molecule has 0 saturated carbocycles. The Hall–Kier alpha value is -4.01. The highest BCUT2D eigenvalue weighted by Crippen LogP contribution is 2.33. The summed E-state index contributed by atoms with van der Waals surface area (Å²) in [7, 11) is 1.35. The first-order valence-corrected chi connectivity index (χ1v) is 8.67. The van der Waals surface area contributed by atoms with Crippen molar-refractivity contribution in [1.82, 2.24) is 14.5 Å². The van der Waals surface area contributed by atoms with Crippen LogP contribution < -0.4 is 10.1 Å². The summed E-state index contributed by atoms with van der Waals surface area (Å²) in [5, 5.41) is 15.0. The summed E-state index contributed by atoms with van der Waals surface area (Å²) in [5.74, 6) is -0.0785. The Morgan fingerprint density at radius 1 is 1.24 bits per heavy atom. The van der Waals surface area contributed by atoms with E-state index in [4.69, 9.17) is 4.74 Å². The van der Waals surface area contributed by atoms with Crippen LogP contribution in [0.25, 0.3) is 16.7 Å². The number of nitrogens with zero attached hydrogens (tertiary/aromatic N) is 4. The Morgan fingerprint density at radius 2 is 2.03 bits per heavy atom. The second-order valence-corrected chi connectivity index (χ2v) is 6.32. The summed E-state index contributed by atoms with van der Waals surface area (Å²) in [6, 6.07) is 11.7. The minimum absolute atomic E-state index is 0.101. The molecule has 0 fully saturated rings. The third kappa shape index (κ3) is 3.33. The number of nitro benzene ring substituents is 1. The van der Waals surface area contributed by atoms with E-state index in [-0.39, 0.29) is 17.4 Å². The molecule has 1 N–H and O–H groups in total. The smallest absolute Gasteiger partial charge is 0.307 e. The monoisotopic (exact) mass is 393 g/mol. The topological polar surface area (TPSA) is 95.1 Å². The number of nitro groups is 1. The molecule has 4 aromatic rings. The fraction of sp³-hybridized carbons (Fsp3) is 0.100. The van der Waals surface area contributed by atoms with Crippen molar-refractivity contribution in [2.24, 2.45) is 0 Å². The zero-order chi connectivity index (χ0) is 20.5. The quantitative estimate of drug-likeness (QED) is 0.395. The molecular weight excluding hydrogens is 377 g/mol. The molecule has 29 heavy (non-hydrogen) atoms. The van der Waals surface area contributed by atoms with Gasteiger partial charge in [0.25, 0.3) is 0 Å². The molecule has 0 saturated heterocycles. The van der Waals surface area contributed by atoms with Gasteiger partial charge in [-0.05, 0) is 24.6 Å². The number of benzene rings is 2. The van der Waals surface area contributed by atoms with E-state index in [9.17, 15) is 14.5 Å². The second-order valence-electron chi connectivity index (χ2n) is 6.32. The third-order valence-corrected chi connectivity index (χ3v) is 4.51. The van der Waals surface area contributed by atoms with Crippen molar-refractivity contribution < 1.29 is 14.1 Å². The average molecular weight is 393 g/mol. The van der Waals surface area contributed by atoms with Crippen LogP contribution in [0.4, 0.5) is 21.7 Å². The summed E-state index contributed by atoms with van der Waals surface area (Å²) in [4.78, 5) is 18.9. The minimum atomic E-state index is -0.985. The minimum Gasteiger partial charge on any atom is -0.494 e. The summed E-state index contributed by atoms with van der Waals surface area (Å²) < 4.78 is 20.9. The van der Waals surface area contributed by atoms with Gasteiger partial charge >= 0.3 is 5.69 Å². The summed E-state index contributed by atoms with van der Waals surface area (Å²) in [6.45, 7) is 2.02. The van der Waals surface area contributed by atoms with Crippen LogP contribution in [-0.2, 0) is 0 Å². The third-order valence-electron chi connectivity index (χ3n) is 4.51. The van der Waals surface area contributed by atoms with Gasteiger partial charge in [-0.25, -0.2) is 4.98 Å². The Morgan fingerprint density at radius 3 is 2.79 bits per heavy atom. The van der Waals surface area contributed by atoms with Gasteiger partial charge in [0.2, 0.25) is 11.8 Å². The van der Waals surface area contributed by atoms with E-state index < -0.39 is 16.4 Å². The lowest BCUT2D eigenvalue weighted by Gasteiger charge is -2.11. The molecule has 4 rings (SSSR count). The first-order chi connectivity index (χ1) is 14.0. The maximum absolute atomic E-state index is 13.9. The number of anilines is 2. The number of aryl methyl sites for hydroxylation is 1. The van der Waals surface area contributed by atoms with Gasteiger partial charge in [0, 0.05) is 29.9 Å². The van der Waals surface area contributed by atoms with Crippen molar-refractivity contribution in [1.29, 1.82) is 0 Å². The number of hydrogen-bond donors (Lipinski definition) is 1. The highest BCUT2D eigenvalue weighted by Gasteiger charge is 2.19. The standard InChI is InChI=1S/C20H16FN5O3/c1-12-11-25(16-6-4-3-5-13(12)16)19-7-8-22-20(24-19)23-15-10-17(26(27)28)14(21)9-18(15)29-2/h3-11H,1-2H3,(H,22,23,24). The first kappa shape index (κ1) is 18.4. The predicted molar refractivity (Wildman–Crippen MR) is 106 cm³/mol. The molecule has 0 spiro atoms. The molecule has 0 atom stereocenters. The maximum atomic E-state index is 13.9. The van der Waals surface area contributed by atoms with Gasteiger partial charge in [0.05, 0.1) is 23.2 Å². The van der Waals surface area contributed by atoms with Crippen LogP contribution in [-0.4, -0.2) is 26.6 Å². The summed E-state index contributed by atoms with van der Waals surface area (Å²) in [5.41, 5.74) is 1.61. The van der Waals surface area contributed by atoms with Crippen LogP contribution in [0.1, 0.15) is 5.56 Å². The number of rotatable bonds is 5. The van der Waals surface area contributed by atoms with E-state index >= 15 is 0 Å². The van der Waals surface area contributed by atoms with Gasteiger partial charge in [-0.1, -0.05) is 18.2 Å². The van der Waals surface area contributed by atoms with Crippen LogP contribution in [0.15, 0.2) is 54.9 Å². The normalized spacial score (nSPS) is 10.9. The van der Waals surface area contributed by atoms with E-state index in [1.54, 1.807) is 12.3 Å². The van der Waals surface area contributed by atoms with E-state index in [2.05, 4.69) is 15.3 Å². The van der Waals surface area contributed by atoms with Gasteiger partial charge in [-0.3, -0.25) is 10.1 Å². The largest absolute Gasteiger partial charge is 0.494 e. The number of halogens is 1. The number of methoxy groups -OCH3 is 1. The number of fused-ring (bicyclic) bond motifs is 1. The van der Waals surface area contributed by atoms with E-state index in [1.807, 2.05) is 42.0 Å². The van der Waals surface area contributed by atoms with E-state index in [0.29, 0.717) is 5.82 Å². The molecule has 2 aromatic heterocycles. The van der Waals surface area contributed by atoms with Crippen molar-refractivity contribution in [3.63, 3.8) is 0 Å². The van der Waals surface area contributed by atoms with Crippen molar-refractivity contribution in [2.75, 3.05) is 12.4 Å². The number of para-hydroxylation sites is 1. The predicted octanol–water partition coefficient (Wildman–Crippen LogP) is 4.53. The number of hydrogen-bond acceptors (Lipinski definition) is 6. The van der Waals surface area contributed by atoms with Gasteiger partial charge in [0.1, 0.15) is 11.6 Å². The molecule has 0 amide bonds. The van der Waals surface area contributed by atoms with Crippen LogP contribution in [0.5, 0.6) is 5.75 Å². The first-order valence-electron chi connectivity index (χ1n) is 8.67. The molecule has 2 aromatic carbocycles. The van der Waals surface area contributed by atoms with Gasteiger partial charge in [-0.2, -0.15) is 9.37 Å². The maximum Gasteiger partial charge on any atom is 0.307 e. The average Bonchev–Trinajstić information content (AvgIpc) is 3.06. The summed E-state index contributed by atoms with van der Waals surface area (Å²) in [6.07, 6.45) is 3.54. The Kier molecular flexibility index (Phi) is 4.55. The summed E-state index contributed by atoms with van der Waals surface area (Å²) >= 11 is 0. The zero-order valence-corrected chi connectivity index (χ0v) is 15.6. The van der Waals surface area contributed by atoms with Crippen molar-refractivity contribution in [2.45, 2.75) is 6.92 Å². The highest BCUT2D eigenvalue weighted by atomic mass is 19.1. The van der Waals surface area contributed by atoms with Crippen molar-refractivity contribution in [3.05, 3.63) is 76.4 Å². The van der Waals surface area contributed by atoms with Crippen LogP contribution in [0.3, 0.4) is 0 Å². The molecular formula is C20H16FN5O3. The van der Waals surface area contributed by atoms with Gasteiger partial charge in [0.15, 0.2) is 0 Å². The molecule has 0 unspecified atom stereocenters. The molecule has 0 radical (unpaired) electrons. The van der Waals surface area contributed by atoms with Gasteiger partial charge in [-0.15, -0.1) is 0 Å². The molecule has 8 nitrogen and oxygen atoms in total. The fourth-order valence-corrected chi connectivity index (χ4v) is 3.15.